The van der Waals surface area contributed by atoms with Gasteiger partial charge in [0, 0.05) is 10.7 Å². The van der Waals surface area contributed by atoms with Crippen molar-refractivity contribution in [1.29, 1.82) is 0 Å². The molecule has 0 atom stereocenters. The first-order chi connectivity index (χ1) is 9.56. The second-order valence-corrected chi connectivity index (χ2v) is 5.26. The van der Waals surface area contributed by atoms with E-state index in [1.807, 2.05) is 0 Å². The monoisotopic (exact) mass is 328 g/mol. The molecule has 0 heterocycles. The number of para-hydroxylation sites is 1. The fourth-order valence-corrected chi connectivity index (χ4v) is 2.33. The number of rotatable bonds is 4. The molecule has 104 valence electrons. The van der Waals surface area contributed by atoms with Gasteiger partial charge in [0.25, 0.3) is 0 Å². The van der Waals surface area contributed by atoms with Crippen LogP contribution in [0.4, 0.5) is 11.4 Å². The van der Waals surface area contributed by atoms with Gasteiger partial charge in [0.05, 0.1) is 22.3 Å². The van der Waals surface area contributed by atoms with E-state index in [9.17, 15) is 4.79 Å². The molecule has 0 saturated carbocycles. The van der Waals surface area contributed by atoms with Gasteiger partial charge in [-0.05, 0) is 30.3 Å². The summed E-state index contributed by atoms with van der Waals surface area (Å²) in [5, 5.41) is 7.12. The van der Waals surface area contributed by atoms with E-state index in [2.05, 4.69) is 10.6 Å². The summed E-state index contributed by atoms with van der Waals surface area (Å²) in [6.45, 7) is 0.0516. The molecule has 0 aromatic heterocycles. The van der Waals surface area contributed by atoms with E-state index in [-0.39, 0.29) is 12.5 Å². The van der Waals surface area contributed by atoms with Gasteiger partial charge in [0.1, 0.15) is 0 Å². The van der Waals surface area contributed by atoms with Crippen LogP contribution in [0.5, 0.6) is 0 Å². The molecule has 0 saturated heterocycles. The van der Waals surface area contributed by atoms with Gasteiger partial charge < -0.3 is 10.6 Å². The minimum Gasteiger partial charge on any atom is -0.374 e. The lowest BCUT2D eigenvalue weighted by Crippen LogP contribution is -2.21. The minimum absolute atomic E-state index is 0.0516. The second kappa shape index (κ2) is 6.84. The zero-order valence-corrected chi connectivity index (χ0v) is 12.6. The Morgan fingerprint density at radius 3 is 2.30 bits per heavy atom. The average molecular weight is 330 g/mol. The molecule has 0 aliphatic carbocycles. The van der Waals surface area contributed by atoms with Gasteiger partial charge in [0.2, 0.25) is 5.91 Å². The summed E-state index contributed by atoms with van der Waals surface area (Å²) in [6.07, 6.45) is 0. The molecule has 0 spiro atoms. The molecule has 2 aromatic rings. The molecule has 2 N–H and O–H groups in total. The molecule has 2 aromatic carbocycles. The third kappa shape index (κ3) is 4.04. The first-order valence-electron chi connectivity index (χ1n) is 5.79. The summed E-state index contributed by atoms with van der Waals surface area (Å²) < 4.78 is 0. The van der Waals surface area contributed by atoms with Crippen LogP contribution in [0.25, 0.3) is 0 Å². The normalized spacial score (nSPS) is 10.2. The number of halogens is 3. The van der Waals surface area contributed by atoms with Gasteiger partial charge in [-0.3, -0.25) is 4.79 Å². The lowest BCUT2D eigenvalue weighted by Gasteiger charge is -2.10. The first-order valence-corrected chi connectivity index (χ1v) is 6.93. The highest BCUT2D eigenvalue weighted by molar-refractivity contribution is 6.39. The van der Waals surface area contributed by atoms with Crippen molar-refractivity contribution in [2.75, 3.05) is 17.2 Å². The molecule has 0 fully saturated rings. The van der Waals surface area contributed by atoms with Gasteiger partial charge in [-0.25, -0.2) is 0 Å². The standard InChI is InChI=1S/C14H11Cl3N2O/c15-9-3-1-4-10(7-9)19-13(20)8-18-14-11(16)5-2-6-12(14)17/h1-7,18H,8H2,(H,19,20). The summed E-state index contributed by atoms with van der Waals surface area (Å²) in [6, 6.07) is 12.1. The molecule has 0 aliphatic heterocycles. The second-order valence-electron chi connectivity index (χ2n) is 4.01. The maximum atomic E-state index is 11.8. The van der Waals surface area contributed by atoms with E-state index >= 15 is 0 Å². The van der Waals surface area contributed by atoms with Crippen LogP contribution in [-0.2, 0) is 4.79 Å². The molecule has 0 bridgehead atoms. The molecule has 20 heavy (non-hydrogen) atoms. The molecular weight excluding hydrogens is 319 g/mol. The highest BCUT2D eigenvalue weighted by atomic mass is 35.5. The zero-order chi connectivity index (χ0) is 14.5. The van der Waals surface area contributed by atoms with Crippen molar-refractivity contribution >= 4 is 52.1 Å². The number of benzene rings is 2. The van der Waals surface area contributed by atoms with Crippen LogP contribution in [0.2, 0.25) is 15.1 Å². The van der Waals surface area contributed by atoms with Crippen LogP contribution in [0, 0.1) is 0 Å². The Labute approximate surface area is 131 Å². The summed E-state index contributed by atoms with van der Waals surface area (Å²) >= 11 is 17.8. The topological polar surface area (TPSA) is 41.1 Å². The maximum Gasteiger partial charge on any atom is 0.243 e. The Hall–Kier alpha value is -1.42. The van der Waals surface area contributed by atoms with E-state index in [1.54, 1.807) is 42.5 Å². The molecular formula is C14H11Cl3N2O. The maximum absolute atomic E-state index is 11.8. The van der Waals surface area contributed by atoms with Crippen LogP contribution < -0.4 is 10.6 Å². The molecule has 0 radical (unpaired) electrons. The number of amides is 1. The van der Waals surface area contributed by atoms with Crippen LogP contribution in [0.1, 0.15) is 0 Å². The van der Waals surface area contributed by atoms with Gasteiger partial charge in [-0.15, -0.1) is 0 Å². The van der Waals surface area contributed by atoms with Gasteiger partial charge in [0.15, 0.2) is 0 Å². The zero-order valence-electron chi connectivity index (χ0n) is 10.3. The van der Waals surface area contributed by atoms with Crippen molar-refractivity contribution in [3.8, 4) is 0 Å². The number of carbonyl (C=O) groups is 1. The van der Waals surface area contributed by atoms with E-state index < -0.39 is 0 Å². The third-order valence-corrected chi connectivity index (χ3v) is 3.36. The quantitative estimate of drug-likeness (QED) is 0.854. The van der Waals surface area contributed by atoms with Gasteiger partial charge >= 0.3 is 0 Å². The predicted octanol–water partition coefficient (Wildman–Crippen LogP) is 4.70. The van der Waals surface area contributed by atoms with Crippen molar-refractivity contribution in [3.05, 3.63) is 57.5 Å². The lowest BCUT2D eigenvalue weighted by atomic mass is 10.3. The molecule has 3 nitrogen and oxygen atoms in total. The minimum atomic E-state index is -0.219. The van der Waals surface area contributed by atoms with Crippen LogP contribution in [0.3, 0.4) is 0 Å². The summed E-state index contributed by atoms with van der Waals surface area (Å²) in [5.41, 5.74) is 1.17. The molecule has 1 amide bonds. The molecule has 0 unspecified atom stereocenters. The fraction of sp³-hybridized carbons (Fsp3) is 0.0714. The van der Waals surface area contributed by atoms with Crippen LogP contribution >= 0.6 is 34.8 Å². The van der Waals surface area contributed by atoms with Crippen molar-refractivity contribution in [1.82, 2.24) is 0 Å². The van der Waals surface area contributed by atoms with Crippen LogP contribution in [-0.4, -0.2) is 12.5 Å². The Morgan fingerprint density at radius 2 is 1.65 bits per heavy atom. The smallest absolute Gasteiger partial charge is 0.243 e. The largest absolute Gasteiger partial charge is 0.374 e. The third-order valence-electron chi connectivity index (χ3n) is 2.50. The van der Waals surface area contributed by atoms with E-state index in [1.165, 1.54) is 0 Å². The van der Waals surface area contributed by atoms with Gasteiger partial charge in [-0.1, -0.05) is 46.9 Å². The van der Waals surface area contributed by atoms with E-state index in [0.717, 1.165) is 0 Å². The number of anilines is 2. The average Bonchev–Trinajstić information content (AvgIpc) is 2.38. The SMILES string of the molecule is O=C(CNc1c(Cl)cccc1Cl)Nc1cccc(Cl)c1. The Morgan fingerprint density at radius 1 is 1.00 bits per heavy atom. The lowest BCUT2D eigenvalue weighted by molar-refractivity contribution is -0.114. The van der Waals surface area contributed by atoms with Crippen molar-refractivity contribution in [2.24, 2.45) is 0 Å². The fourth-order valence-electron chi connectivity index (χ4n) is 1.61. The van der Waals surface area contributed by atoms with Crippen molar-refractivity contribution < 1.29 is 4.79 Å². The first kappa shape index (κ1) is 15.0. The number of nitrogens with one attached hydrogen (secondary N) is 2. The number of hydrogen-bond donors (Lipinski definition) is 2. The number of hydrogen-bond acceptors (Lipinski definition) is 2. The van der Waals surface area contributed by atoms with Crippen molar-refractivity contribution in [2.45, 2.75) is 0 Å². The Balaban J connectivity index is 1.96. The molecule has 6 heteroatoms. The van der Waals surface area contributed by atoms with E-state index in [4.69, 9.17) is 34.8 Å². The molecule has 0 aliphatic rings. The Kier molecular flexibility index (Phi) is 5.12. The predicted molar refractivity (Wildman–Crippen MR) is 85.0 cm³/mol. The van der Waals surface area contributed by atoms with Crippen molar-refractivity contribution in [3.63, 3.8) is 0 Å². The highest BCUT2D eigenvalue weighted by Crippen LogP contribution is 2.29. The summed E-state index contributed by atoms with van der Waals surface area (Å²) in [4.78, 5) is 11.8. The Bertz CT molecular complexity index is 611. The number of carbonyl (C=O) groups excluding carboxylic acids is 1. The molecule has 2 rings (SSSR count). The summed E-state index contributed by atoms with van der Waals surface area (Å²) in [5.74, 6) is -0.219. The van der Waals surface area contributed by atoms with Gasteiger partial charge in [-0.2, -0.15) is 0 Å². The summed E-state index contributed by atoms with van der Waals surface area (Å²) in [7, 11) is 0. The van der Waals surface area contributed by atoms with E-state index in [0.29, 0.717) is 26.4 Å². The highest BCUT2D eigenvalue weighted by Gasteiger charge is 2.07. The van der Waals surface area contributed by atoms with Crippen LogP contribution in [0.15, 0.2) is 42.5 Å².